The monoisotopic (exact) mass is 264 g/mol. The third-order valence-corrected chi connectivity index (χ3v) is 2.95. The first kappa shape index (κ1) is 11.8. The van der Waals surface area contributed by atoms with E-state index in [1.54, 1.807) is 29.4 Å². The average molecular weight is 264 g/mol. The molecule has 0 radical (unpaired) electrons. The molecule has 0 atom stereocenters. The maximum atomic E-state index is 9.68. The maximum absolute atomic E-state index is 9.68. The molecule has 0 saturated carbocycles. The molecular weight excluding hydrogens is 256 g/mol. The predicted molar refractivity (Wildman–Crippen MR) is 69.8 cm³/mol. The van der Waals surface area contributed by atoms with Crippen molar-refractivity contribution in [1.82, 2.24) is 10.5 Å². The molecule has 7 nitrogen and oxygen atoms in total. The molecule has 0 saturated heterocycles. The molecule has 0 aliphatic carbocycles. The highest BCUT2D eigenvalue weighted by Gasteiger charge is 2.29. The lowest BCUT2D eigenvalue weighted by Gasteiger charge is -2.25. The average Bonchev–Trinajstić information content (AvgIpc) is 2.91. The van der Waals surface area contributed by atoms with Crippen LogP contribution in [0.1, 0.15) is 11.1 Å². The fourth-order valence-electron chi connectivity index (χ4n) is 2.07. The van der Waals surface area contributed by atoms with Crippen molar-refractivity contribution < 1.29 is 5.21 Å². The van der Waals surface area contributed by atoms with Gasteiger partial charge in [0.15, 0.2) is 0 Å². The number of fused-ring (bicyclic) bond motifs is 1. The Bertz CT molecular complexity index is 717. The number of benzene rings is 1. The van der Waals surface area contributed by atoms with Gasteiger partial charge in [-0.3, -0.25) is 15.6 Å². The topological polar surface area (TPSA) is 98.7 Å². The number of para-hydroxylation sites is 1. The van der Waals surface area contributed by atoms with E-state index in [2.05, 4.69) is 22.6 Å². The summed E-state index contributed by atoms with van der Waals surface area (Å²) in [6, 6.07) is 9.01. The Balaban J connectivity index is 2.14. The lowest BCUT2D eigenvalue weighted by atomic mass is 10.1. The third kappa shape index (κ3) is 1.59. The highest BCUT2D eigenvalue weighted by atomic mass is 16.5. The number of aliphatic imine (C=N–C) groups is 1. The minimum Gasteiger partial charge on any atom is -0.299 e. The summed E-state index contributed by atoms with van der Waals surface area (Å²) in [5.74, 6) is 0. The number of nitriles is 2. The molecule has 0 amide bonds. The number of anilines is 1. The van der Waals surface area contributed by atoms with Crippen LogP contribution >= 0.6 is 0 Å². The number of nitrogens with zero attached hydrogens (tertiary/aromatic N) is 5. The minimum atomic E-state index is 0.353. The third-order valence-electron chi connectivity index (χ3n) is 2.95. The summed E-state index contributed by atoms with van der Waals surface area (Å²) in [6.45, 7) is 0. The van der Waals surface area contributed by atoms with Crippen molar-refractivity contribution in [3.8, 4) is 12.1 Å². The van der Waals surface area contributed by atoms with Crippen LogP contribution in [0.2, 0.25) is 0 Å². The molecule has 0 fully saturated rings. The van der Waals surface area contributed by atoms with E-state index in [9.17, 15) is 15.7 Å². The highest BCUT2D eigenvalue weighted by molar-refractivity contribution is 5.75. The summed E-state index contributed by atoms with van der Waals surface area (Å²) in [7, 11) is 0. The molecule has 3 rings (SSSR count). The molecule has 7 heteroatoms. The van der Waals surface area contributed by atoms with E-state index in [1.807, 2.05) is 0 Å². The van der Waals surface area contributed by atoms with Gasteiger partial charge in [0.25, 0.3) is 0 Å². The van der Waals surface area contributed by atoms with Crippen molar-refractivity contribution in [3.63, 3.8) is 0 Å². The summed E-state index contributed by atoms with van der Waals surface area (Å²) in [6.07, 6.45) is 4.35. The number of nitrogens with one attached hydrogen (secondary N) is 1. The first-order valence-electron chi connectivity index (χ1n) is 5.68. The molecule has 1 aromatic carbocycles. The van der Waals surface area contributed by atoms with Crippen LogP contribution < -0.4 is 10.4 Å². The molecule has 2 heterocycles. The van der Waals surface area contributed by atoms with Gasteiger partial charge in [0.2, 0.25) is 0 Å². The van der Waals surface area contributed by atoms with Crippen LogP contribution in [0.25, 0.3) is 0 Å². The van der Waals surface area contributed by atoms with Crippen molar-refractivity contribution in [3.05, 3.63) is 53.1 Å². The number of rotatable bonds is 1. The summed E-state index contributed by atoms with van der Waals surface area (Å²) in [5, 5.41) is 30.5. The van der Waals surface area contributed by atoms with E-state index in [0.29, 0.717) is 28.2 Å². The molecule has 0 unspecified atom stereocenters. The maximum Gasteiger partial charge on any atom is 0.121 e. The largest absolute Gasteiger partial charge is 0.299 e. The Kier molecular flexibility index (Phi) is 2.61. The summed E-state index contributed by atoms with van der Waals surface area (Å²) >= 11 is 0. The summed E-state index contributed by atoms with van der Waals surface area (Å²) < 4.78 is 0. The molecule has 0 aromatic heterocycles. The van der Waals surface area contributed by atoms with E-state index >= 15 is 0 Å². The second-order valence-electron chi connectivity index (χ2n) is 4.04. The molecule has 2 N–H and O–H groups in total. The molecule has 20 heavy (non-hydrogen) atoms. The fourth-order valence-corrected chi connectivity index (χ4v) is 2.07. The van der Waals surface area contributed by atoms with Crippen LogP contribution in [-0.2, 0) is 0 Å². The smallest absolute Gasteiger partial charge is 0.121 e. The van der Waals surface area contributed by atoms with Gasteiger partial charge in [-0.05, 0) is 12.1 Å². The van der Waals surface area contributed by atoms with Crippen LogP contribution in [-0.4, -0.2) is 16.6 Å². The zero-order valence-corrected chi connectivity index (χ0v) is 10.1. The Morgan fingerprint density at radius 2 is 1.85 bits per heavy atom. The van der Waals surface area contributed by atoms with Crippen LogP contribution in [0.3, 0.4) is 0 Å². The molecule has 0 bridgehead atoms. The second kappa shape index (κ2) is 4.43. The van der Waals surface area contributed by atoms with Crippen LogP contribution in [0, 0.1) is 22.7 Å². The molecule has 0 spiro atoms. The molecule has 96 valence electrons. The van der Waals surface area contributed by atoms with Gasteiger partial charge in [0, 0.05) is 6.20 Å². The van der Waals surface area contributed by atoms with Crippen molar-refractivity contribution >= 4 is 12.0 Å². The number of hydrogen-bond donors (Lipinski definition) is 2. The second-order valence-corrected chi connectivity index (χ2v) is 4.04. The van der Waals surface area contributed by atoms with Gasteiger partial charge in [-0.1, -0.05) is 6.07 Å². The van der Waals surface area contributed by atoms with Gasteiger partial charge in [0.1, 0.15) is 29.9 Å². The molecular formula is C13H8N6O. The van der Waals surface area contributed by atoms with Crippen LogP contribution in [0.4, 0.5) is 5.69 Å². The van der Waals surface area contributed by atoms with E-state index in [1.165, 1.54) is 12.5 Å². The SMILES string of the molecule is N#Cc1cccc(C#N)c1N1NC=C2C1=CN=CN2O. The Labute approximate surface area is 114 Å². The van der Waals surface area contributed by atoms with Gasteiger partial charge in [-0.25, -0.2) is 10.1 Å². The van der Waals surface area contributed by atoms with Crippen molar-refractivity contribution in [2.45, 2.75) is 0 Å². The van der Waals surface area contributed by atoms with Gasteiger partial charge in [0.05, 0.1) is 23.0 Å². The fraction of sp³-hybridized carbons (Fsp3) is 0. The highest BCUT2D eigenvalue weighted by Crippen LogP contribution is 2.33. The zero-order valence-electron chi connectivity index (χ0n) is 10.1. The van der Waals surface area contributed by atoms with Crippen molar-refractivity contribution in [2.24, 2.45) is 4.99 Å². The van der Waals surface area contributed by atoms with E-state index in [-0.39, 0.29) is 0 Å². The summed E-state index contributed by atoms with van der Waals surface area (Å²) in [5.41, 5.74) is 5.08. The van der Waals surface area contributed by atoms with E-state index in [0.717, 1.165) is 5.06 Å². The van der Waals surface area contributed by atoms with Gasteiger partial charge >= 0.3 is 0 Å². The molecule has 2 aliphatic rings. The lowest BCUT2D eigenvalue weighted by Crippen LogP contribution is -2.32. The summed E-state index contributed by atoms with van der Waals surface area (Å²) in [4.78, 5) is 3.89. The van der Waals surface area contributed by atoms with Gasteiger partial charge in [-0.2, -0.15) is 10.5 Å². The van der Waals surface area contributed by atoms with E-state index < -0.39 is 0 Å². The molecule has 1 aromatic rings. The van der Waals surface area contributed by atoms with Crippen molar-refractivity contribution in [1.29, 1.82) is 10.5 Å². The lowest BCUT2D eigenvalue weighted by molar-refractivity contribution is 0.0309. The minimum absolute atomic E-state index is 0.353. The quantitative estimate of drug-likeness (QED) is 0.790. The van der Waals surface area contributed by atoms with Crippen LogP contribution in [0.5, 0.6) is 0 Å². The predicted octanol–water partition coefficient (Wildman–Crippen LogP) is 1.17. The van der Waals surface area contributed by atoms with Crippen LogP contribution in [0.15, 0.2) is 47.0 Å². The zero-order chi connectivity index (χ0) is 14.1. The number of hydroxylamine groups is 2. The first-order valence-corrected chi connectivity index (χ1v) is 5.68. The Hall–Kier alpha value is -3.29. The van der Waals surface area contributed by atoms with Gasteiger partial charge in [-0.15, -0.1) is 0 Å². The first-order chi connectivity index (χ1) is 9.76. The Morgan fingerprint density at radius 3 is 2.50 bits per heavy atom. The number of hydrazine groups is 1. The van der Waals surface area contributed by atoms with Crippen molar-refractivity contribution in [2.75, 3.05) is 5.01 Å². The van der Waals surface area contributed by atoms with E-state index in [4.69, 9.17) is 0 Å². The number of hydrogen-bond acceptors (Lipinski definition) is 7. The van der Waals surface area contributed by atoms with Gasteiger partial charge < -0.3 is 0 Å². The standard InChI is InChI=1S/C13H8N6O/c14-4-9-2-1-3-10(5-15)13(9)19-12-6-16-8-18(20)11(12)7-17-19/h1-3,6-8,17,20H. The molecule has 2 aliphatic heterocycles. The normalized spacial score (nSPS) is 15.8. The Morgan fingerprint density at radius 1 is 1.15 bits per heavy atom.